The average Bonchev–Trinajstić information content (AvgIpc) is 2.40. The minimum Gasteiger partial charge on any atom is -0.307 e. The summed E-state index contributed by atoms with van der Waals surface area (Å²) in [5.41, 5.74) is 1.11. The SMILES string of the molecule is O=[N+]([O-])C1CCCNC1C1(c2ccc(Cl)cc2)CCC1. The van der Waals surface area contributed by atoms with Crippen molar-refractivity contribution < 1.29 is 4.92 Å². The summed E-state index contributed by atoms with van der Waals surface area (Å²) < 4.78 is 0. The number of hydrogen-bond acceptors (Lipinski definition) is 3. The van der Waals surface area contributed by atoms with E-state index in [0.717, 1.165) is 32.2 Å². The highest BCUT2D eigenvalue weighted by atomic mass is 35.5. The summed E-state index contributed by atoms with van der Waals surface area (Å²) in [5.74, 6) is 0. The molecule has 2 unspecified atom stereocenters. The van der Waals surface area contributed by atoms with Crippen molar-refractivity contribution in [2.75, 3.05) is 6.54 Å². The Bertz CT molecular complexity index is 499. The predicted molar refractivity (Wildman–Crippen MR) is 78.8 cm³/mol. The zero-order chi connectivity index (χ0) is 14.2. The van der Waals surface area contributed by atoms with Crippen LogP contribution in [0.1, 0.15) is 37.7 Å². The van der Waals surface area contributed by atoms with Gasteiger partial charge in [0, 0.05) is 21.8 Å². The zero-order valence-electron chi connectivity index (χ0n) is 11.3. The molecule has 0 bridgehead atoms. The van der Waals surface area contributed by atoms with Gasteiger partial charge in [-0.15, -0.1) is 0 Å². The lowest BCUT2D eigenvalue weighted by Crippen LogP contribution is -2.62. The Hall–Kier alpha value is -1.13. The molecule has 0 amide bonds. The first-order valence-electron chi connectivity index (χ1n) is 7.26. The van der Waals surface area contributed by atoms with Crippen LogP contribution in [0.5, 0.6) is 0 Å². The maximum absolute atomic E-state index is 11.4. The van der Waals surface area contributed by atoms with Crippen LogP contribution in [0.3, 0.4) is 0 Å². The number of halogens is 1. The first-order valence-corrected chi connectivity index (χ1v) is 7.64. The van der Waals surface area contributed by atoms with Gasteiger partial charge in [-0.1, -0.05) is 30.2 Å². The lowest BCUT2D eigenvalue weighted by atomic mass is 9.58. The van der Waals surface area contributed by atoms with Crippen LogP contribution in [0.25, 0.3) is 0 Å². The number of nitrogens with zero attached hydrogens (tertiary/aromatic N) is 1. The van der Waals surface area contributed by atoms with Crippen molar-refractivity contribution >= 4 is 11.6 Å². The van der Waals surface area contributed by atoms with E-state index in [1.807, 2.05) is 24.3 Å². The third kappa shape index (κ3) is 2.21. The van der Waals surface area contributed by atoms with Crippen LogP contribution < -0.4 is 5.32 Å². The standard InChI is InChI=1S/C15H19ClN2O2/c16-12-6-4-11(5-7-12)15(8-2-9-15)14-13(18(19)20)3-1-10-17-14/h4-7,13-14,17H,1-3,8-10H2. The highest BCUT2D eigenvalue weighted by Crippen LogP contribution is 2.48. The van der Waals surface area contributed by atoms with E-state index in [0.29, 0.717) is 11.4 Å². The summed E-state index contributed by atoms with van der Waals surface area (Å²) in [4.78, 5) is 11.3. The van der Waals surface area contributed by atoms with Gasteiger partial charge in [0.25, 0.3) is 0 Å². The van der Waals surface area contributed by atoms with Crippen molar-refractivity contribution in [3.8, 4) is 0 Å². The Balaban J connectivity index is 1.94. The minimum absolute atomic E-state index is 0.0545. The lowest BCUT2D eigenvalue weighted by Gasteiger charge is -2.50. The minimum atomic E-state index is -0.472. The second-order valence-corrected chi connectivity index (χ2v) is 6.38. The molecule has 1 heterocycles. The van der Waals surface area contributed by atoms with Crippen LogP contribution in [-0.2, 0) is 5.41 Å². The number of benzene rings is 1. The molecule has 0 aromatic heterocycles. The predicted octanol–water partition coefficient (Wildman–Crippen LogP) is 3.16. The molecule has 1 N–H and O–H groups in total. The molecule has 1 aliphatic heterocycles. The summed E-state index contributed by atoms with van der Waals surface area (Å²) in [7, 11) is 0. The van der Waals surface area contributed by atoms with E-state index in [-0.39, 0.29) is 16.4 Å². The van der Waals surface area contributed by atoms with E-state index in [9.17, 15) is 10.1 Å². The van der Waals surface area contributed by atoms with Gasteiger partial charge in [0.15, 0.2) is 0 Å². The van der Waals surface area contributed by atoms with Crippen molar-refractivity contribution in [2.45, 2.75) is 49.6 Å². The number of nitro groups is 1. The largest absolute Gasteiger partial charge is 0.307 e. The molecule has 1 aromatic carbocycles. The maximum atomic E-state index is 11.4. The molecular formula is C15H19ClN2O2. The van der Waals surface area contributed by atoms with Gasteiger partial charge in [0.05, 0.1) is 6.04 Å². The van der Waals surface area contributed by atoms with Crippen LogP contribution >= 0.6 is 11.6 Å². The number of piperidine rings is 1. The molecule has 1 aliphatic carbocycles. The Morgan fingerprint density at radius 2 is 1.95 bits per heavy atom. The number of rotatable bonds is 3. The average molecular weight is 295 g/mol. The van der Waals surface area contributed by atoms with Gasteiger partial charge in [-0.25, -0.2) is 0 Å². The molecule has 108 valence electrons. The van der Waals surface area contributed by atoms with Crippen molar-refractivity contribution in [1.29, 1.82) is 0 Å². The zero-order valence-corrected chi connectivity index (χ0v) is 12.1. The van der Waals surface area contributed by atoms with Gasteiger partial charge in [-0.05, 0) is 43.5 Å². The quantitative estimate of drug-likeness (QED) is 0.688. The number of hydrogen-bond donors (Lipinski definition) is 1. The fraction of sp³-hybridized carbons (Fsp3) is 0.600. The van der Waals surface area contributed by atoms with Crippen molar-refractivity contribution in [2.24, 2.45) is 0 Å². The summed E-state index contributed by atoms with van der Waals surface area (Å²) in [5, 5.41) is 15.5. The van der Waals surface area contributed by atoms with Gasteiger partial charge in [0.2, 0.25) is 6.04 Å². The van der Waals surface area contributed by atoms with Gasteiger partial charge in [-0.2, -0.15) is 0 Å². The monoisotopic (exact) mass is 294 g/mol. The van der Waals surface area contributed by atoms with Crippen LogP contribution in [0.4, 0.5) is 0 Å². The van der Waals surface area contributed by atoms with E-state index in [1.165, 1.54) is 5.56 Å². The highest BCUT2D eigenvalue weighted by Gasteiger charge is 2.52. The van der Waals surface area contributed by atoms with Crippen molar-refractivity contribution in [1.82, 2.24) is 5.32 Å². The molecule has 1 saturated carbocycles. The maximum Gasteiger partial charge on any atom is 0.229 e. The first kappa shape index (κ1) is 13.8. The van der Waals surface area contributed by atoms with E-state index in [2.05, 4.69) is 5.32 Å². The highest BCUT2D eigenvalue weighted by molar-refractivity contribution is 6.30. The first-order chi connectivity index (χ1) is 9.63. The van der Waals surface area contributed by atoms with Gasteiger partial charge >= 0.3 is 0 Å². The van der Waals surface area contributed by atoms with Crippen LogP contribution in [0.2, 0.25) is 5.02 Å². The van der Waals surface area contributed by atoms with Gasteiger partial charge in [0.1, 0.15) is 0 Å². The Morgan fingerprint density at radius 3 is 2.50 bits per heavy atom. The summed E-state index contributed by atoms with van der Waals surface area (Å²) in [6.07, 6.45) is 4.76. The van der Waals surface area contributed by atoms with E-state index < -0.39 is 6.04 Å². The molecule has 5 heteroatoms. The molecule has 4 nitrogen and oxygen atoms in total. The molecule has 2 aliphatic rings. The normalized spacial score (nSPS) is 28.6. The summed E-state index contributed by atoms with van der Waals surface area (Å²) >= 11 is 5.96. The Kier molecular flexibility index (Phi) is 3.69. The Labute approximate surface area is 123 Å². The molecule has 3 rings (SSSR count). The van der Waals surface area contributed by atoms with Crippen LogP contribution in [0.15, 0.2) is 24.3 Å². The fourth-order valence-corrected chi connectivity index (χ4v) is 3.91. The van der Waals surface area contributed by atoms with E-state index in [1.54, 1.807) is 0 Å². The van der Waals surface area contributed by atoms with Gasteiger partial charge in [-0.3, -0.25) is 10.1 Å². The van der Waals surface area contributed by atoms with Gasteiger partial charge < -0.3 is 5.32 Å². The Morgan fingerprint density at radius 1 is 1.25 bits per heavy atom. The summed E-state index contributed by atoms with van der Waals surface area (Å²) in [6.45, 7) is 0.879. The second-order valence-electron chi connectivity index (χ2n) is 5.94. The topological polar surface area (TPSA) is 55.2 Å². The molecular weight excluding hydrogens is 276 g/mol. The van der Waals surface area contributed by atoms with Crippen LogP contribution in [-0.4, -0.2) is 23.6 Å². The molecule has 2 atom stereocenters. The second kappa shape index (κ2) is 5.34. The summed E-state index contributed by atoms with van der Waals surface area (Å²) in [6, 6.07) is 7.33. The lowest BCUT2D eigenvalue weighted by molar-refractivity contribution is -0.532. The van der Waals surface area contributed by atoms with E-state index >= 15 is 0 Å². The molecule has 2 fully saturated rings. The van der Waals surface area contributed by atoms with E-state index in [4.69, 9.17) is 11.6 Å². The van der Waals surface area contributed by atoms with Crippen molar-refractivity contribution in [3.05, 3.63) is 45.0 Å². The fourth-order valence-electron chi connectivity index (χ4n) is 3.78. The van der Waals surface area contributed by atoms with Crippen LogP contribution in [0, 0.1) is 10.1 Å². The third-order valence-corrected chi connectivity index (χ3v) is 5.21. The van der Waals surface area contributed by atoms with Crippen molar-refractivity contribution in [3.63, 3.8) is 0 Å². The molecule has 1 aromatic rings. The molecule has 0 spiro atoms. The smallest absolute Gasteiger partial charge is 0.229 e. The molecule has 1 saturated heterocycles. The third-order valence-electron chi connectivity index (χ3n) is 4.96. The number of nitrogens with one attached hydrogen (secondary N) is 1. The molecule has 0 radical (unpaired) electrons. The molecule has 20 heavy (non-hydrogen) atoms.